The molecule has 2 aromatic carbocycles. The number of aliphatic imine (C=N–C) groups is 1. The van der Waals surface area contributed by atoms with Gasteiger partial charge in [-0.2, -0.15) is 0 Å². The van der Waals surface area contributed by atoms with Crippen molar-refractivity contribution in [3.05, 3.63) is 66.2 Å². The molecule has 0 aliphatic carbocycles. The summed E-state index contributed by atoms with van der Waals surface area (Å²) in [4.78, 5) is 31.3. The Morgan fingerprint density at radius 2 is 2.10 bits per heavy atom. The fraction of sp³-hybridized carbons (Fsp3) is 0.190. The van der Waals surface area contributed by atoms with E-state index >= 15 is 0 Å². The van der Waals surface area contributed by atoms with E-state index in [0.29, 0.717) is 33.9 Å². The van der Waals surface area contributed by atoms with E-state index in [9.17, 15) is 9.59 Å². The minimum absolute atomic E-state index is 0.0386. The van der Waals surface area contributed by atoms with Crippen LogP contribution in [0.5, 0.6) is 5.75 Å². The number of thioether (sulfide) groups is 1. The third-order valence-corrected chi connectivity index (χ3v) is 5.54. The summed E-state index contributed by atoms with van der Waals surface area (Å²) >= 11 is 7.13. The van der Waals surface area contributed by atoms with Crippen LogP contribution in [-0.4, -0.2) is 40.8 Å². The van der Waals surface area contributed by atoms with Crippen LogP contribution in [0.3, 0.4) is 0 Å². The van der Waals surface area contributed by atoms with Gasteiger partial charge in [0.15, 0.2) is 5.17 Å². The smallest absolute Gasteiger partial charge is 0.242 e. The highest BCUT2D eigenvalue weighted by atomic mass is 35.5. The SMILES string of the molecule is C=CCN1C(=O)C(CC(=O)Nc2ccc(Cl)cc2)SC1=Nc1cccc(OC)c1. The summed E-state index contributed by atoms with van der Waals surface area (Å²) in [6, 6.07) is 14.1. The van der Waals surface area contributed by atoms with Crippen LogP contribution >= 0.6 is 23.4 Å². The molecule has 6 nitrogen and oxygen atoms in total. The molecule has 1 aliphatic rings. The van der Waals surface area contributed by atoms with E-state index in [1.54, 1.807) is 43.5 Å². The minimum atomic E-state index is -0.549. The number of amides is 2. The van der Waals surface area contributed by atoms with Gasteiger partial charge < -0.3 is 10.1 Å². The summed E-state index contributed by atoms with van der Waals surface area (Å²) in [6.07, 6.45) is 1.67. The second-order valence-corrected chi connectivity index (χ2v) is 7.81. The molecule has 1 aliphatic heterocycles. The van der Waals surface area contributed by atoms with Crippen molar-refractivity contribution in [2.45, 2.75) is 11.7 Å². The van der Waals surface area contributed by atoms with Gasteiger partial charge in [0.2, 0.25) is 11.8 Å². The van der Waals surface area contributed by atoms with Crippen molar-refractivity contribution in [1.29, 1.82) is 0 Å². The highest BCUT2D eigenvalue weighted by Crippen LogP contribution is 2.32. The molecule has 2 amide bonds. The Morgan fingerprint density at radius 3 is 2.79 bits per heavy atom. The largest absolute Gasteiger partial charge is 0.497 e. The number of benzene rings is 2. The van der Waals surface area contributed by atoms with Gasteiger partial charge in [0.1, 0.15) is 11.0 Å². The first-order valence-electron chi connectivity index (χ1n) is 8.87. The van der Waals surface area contributed by atoms with Crippen LogP contribution in [-0.2, 0) is 9.59 Å². The maximum atomic E-state index is 12.8. The third kappa shape index (κ3) is 5.40. The van der Waals surface area contributed by atoms with Crippen LogP contribution in [0.15, 0.2) is 66.2 Å². The van der Waals surface area contributed by atoms with Crippen LogP contribution in [0.1, 0.15) is 6.42 Å². The van der Waals surface area contributed by atoms with Crippen LogP contribution in [0, 0.1) is 0 Å². The average Bonchev–Trinajstić information content (AvgIpc) is 2.99. The summed E-state index contributed by atoms with van der Waals surface area (Å²) in [5.74, 6) is 0.262. The molecule has 1 fully saturated rings. The number of hydrogen-bond donors (Lipinski definition) is 1. The molecule has 0 aromatic heterocycles. The summed E-state index contributed by atoms with van der Waals surface area (Å²) < 4.78 is 5.22. The lowest BCUT2D eigenvalue weighted by atomic mass is 10.2. The number of carbonyl (C=O) groups excluding carboxylic acids is 2. The van der Waals surface area contributed by atoms with Crippen molar-refractivity contribution in [2.75, 3.05) is 19.0 Å². The average molecular weight is 430 g/mol. The normalized spacial score (nSPS) is 17.4. The molecule has 2 aromatic rings. The number of hydrogen-bond acceptors (Lipinski definition) is 5. The highest BCUT2D eigenvalue weighted by molar-refractivity contribution is 8.15. The monoisotopic (exact) mass is 429 g/mol. The number of nitrogens with zero attached hydrogens (tertiary/aromatic N) is 2. The van der Waals surface area contributed by atoms with Gasteiger partial charge in [-0.25, -0.2) is 4.99 Å². The van der Waals surface area contributed by atoms with E-state index < -0.39 is 5.25 Å². The second-order valence-electron chi connectivity index (χ2n) is 6.20. The zero-order valence-corrected chi connectivity index (χ0v) is 17.4. The Labute approximate surface area is 178 Å². The Hall–Kier alpha value is -2.77. The summed E-state index contributed by atoms with van der Waals surface area (Å²) in [5, 5.41) is 3.36. The molecule has 8 heteroatoms. The fourth-order valence-electron chi connectivity index (χ4n) is 2.73. The van der Waals surface area contributed by atoms with Gasteiger partial charge in [-0.15, -0.1) is 6.58 Å². The molecule has 3 rings (SSSR count). The number of anilines is 1. The fourth-order valence-corrected chi connectivity index (χ4v) is 4.02. The van der Waals surface area contributed by atoms with Crippen molar-refractivity contribution >= 4 is 51.7 Å². The van der Waals surface area contributed by atoms with Crippen molar-refractivity contribution in [3.63, 3.8) is 0 Å². The Balaban J connectivity index is 1.74. The van der Waals surface area contributed by atoms with Crippen LogP contribution in [0.2, 0.25) is 5.02 Å². The molecular formula is C21H20ClN3O3S. The second kappa shape index (κ2) is 9.62. The first kappa shape index (κ1) is 21.0. The van der Waals surface area contributed by atoms with Gasteiger partial charge in [0.05, 0.1) is 12.8 Å². The van der Waals surface area contributed by atoms with Gasteiger partial charge in [-0.05, 0) is 36.4 Å². The number of ether oxygens (including phenoxy) is 1. The molecule has 0 radical (unpaired) electrons. The van der Waals surface area contributed by atoms with Crippen LogP contribution in [0.4, 0.5) is 11.4 Å². The summed E-state index contributed by atoms with van der Waals surface area (Å²) in [6.45, 7) is 4.03. The lowest BCUT2D eigenvalue weighted by Crippen LogP contribution is -2.33. The lowest BCUT2D eigenvalue weighted by molar-refractivity contribution is -0.127. The van der Waals surface area contributed by atoms with E-state index in [4.69, 9.17) is 16.3 Å². The predicted octanol–water partition coefficient (Wildman–Crippen LogP) is 4.49. The van der Waals surface area contributed by atoms with Gasteiger partial charge in [-0.1, -0.05) is 35.5 Å². The molecule has 1 atom stereocenters. The quantitative estimate of drug-likeness (QED) is 0.658. The predicted molar refractivity (Wildman–Crippen MR) is 118 cm³/mol. The number of nitrogens with one attached hydrogen (secondary N) is 1. The molecule has 1 N–H and O–H groups in total. The Kier molecular flexibility index (Phi) is 6.95. The standard InChI is InChI=1S/C21H20ClN3O3S/c1-3-11-25-20(27)18(13-19(26)23-15-9-7-14(22)8-10-15)29-21(25)24-16-5-4-6-17(12-16)28-2/h3-10,12,18H,1,11,13H2,2H3,(H,23,26). The maximum Gasteiger partial charge on any atom is 0.242 e. The molecule has 0 spiro atoms. The molecule has 0 bridgehead atoms. The van der Waals surface area contributed by atoms with Gasteiger partial charge in [-0.3, -0.25) is 14.5 Å². The molecule has 0 saturated carbocycles. The van der Waals surface area contributed by atoms with Gasteiger partial charge in [0.25, 0.3) is 0 Å². The number of methoxy groups -OCH3 is 1. The van der Waals surface area contributed by atoms with Crippen molar-refractivity contribution in [2.24, 2.45) is 4.99 Å². The van der Waals surface area contributed by atoms with Crippen molar-refractivity contribution < 1.29 is 14.3 Å². The number of halogens is 1. The zero-order valence-electron chi connectivity index (χ0n) is 15.8. The van der Waals surface area contributed by atoms with E-state index in [0.717, 1.165) is 0 Å². The highest BCUT2D eigenvalue weighted by Gasteiger charge is 2.38. The number of rotatable bonds is 7. The van der Waals surface area contributed by atoms with Crippen LogP contribution < -0.4 is 10.1 Å². The molecule has 1 saturated heterocycles. The Bertz CT molecular complexity index is 946. The molecule has 1 heterocycles. The van der Waals surface area contributed by atoms with E-state index in [2.05, 4.69) is 16.9 Å². The number of carbonyl (C=O) groups is 2. The van der Waals surface area contributed by atoms with Gasteiger partial charge >= 0.3 is 0 Å². The molecule has 150 valence electrons. The number of amidine groups is 1. The molecular weight excluding hydrogens is 410 g/mol. The van der Waals surface area contributed by atoms with Gasteiger partial charge in [0, 0.05) is 29.7 Å². The van der Waals surface area contributed by atoms with Crippen molar-refractivity contribution in [1.82, 2.24) is 4.90 Å². The Morgan fingerprint density at radius 1 is 1.34 bits per heavy atom. The first-order chi connectivity index (χ1) is 14.0. The minimum Gasteiger partial charge on any atom is -0.497 e. The van der Waals surface area contributed by atoms with E-state index in [1.165, 1.54) is 16.7 Å². The maximum absolute atomic E-state index is 12.8. The first-order valence-corrected chi connectivity index (χ1v) is 10.1. The summed E-state index contributed by atoms with van der Waals surface area (Å²) in [7, 11) is 1.58. The van der Waals surface area contributed by atoms with Crippen LogP contribution in [0.25, 0.3) is 0 Å². The topological polar surface area (TPSA) is 71.0 Å². The van der Waals surface area contributed by atoms with E-state index in [-0.39, 0.29) is 18.2 Å². The third-order valence-electron chi connectivity index (χ3n) is 4.11. The lowest BCUT2D eigenvalue weighted by Gasteiger charge is -2.14. The molecule has 1 unspecified atom stereocenters. The summed E-state index contributed by atoms with van der Waals surface area (Å²) in [5.41, 5.74) is 1.29. The van der Waals surface area contributed by atoms with E-state index in [1.807, 2.05) is 18.2 Å². The van der Waals surface area contributed by atoms with Crippen molar-refractivity contribution in [3.8, 4) is 5.75 Å². The zero-order chi connectivity index (χ0) is 20.8. The molecule has 29 heavy (non-hydrogen) atoms.